The molecule has 0 saturated carbocycles. The second-order valence-corrected chi connectivity index (χ2v) is 6.65. The number of aromatic nitrogens is 1. The Labute approximate surface area is 158 Å². The molecule has 1 unspecified atom stereocenters. The quantitative estimate of drug-likeness (QED) is 0.836. The number of amides is 1. The van der Waals surface area contributed by atoms with Gasteiger partial charge in [-0.3, -0.25) is 9.78 Å². The van der Waals surface area contributed by atoms with Crippen molar-refractivity contribution in [3.05, 3.63) is 72.1 Å². The lowest BCUT2D eigenvalue weighted by atomic mass is 9.98. The van der Waals surface area contributed by atoms with Crippen LogP contribution in [0.25, 0.3) is 5.57 Å². The first kappa shape index (κ1) is 17.5. The number of rotatable bonds is 4. The summed E-state index contributed by atoms with van der Waals surface area (Å²) in [7, 11) is 1.71. The molecular weight excluding hydrogens is 340 g/mol. The van der Waals surface area contributed by atoms with Gasteiger partial charge < -0.3 is 14.4 Å². The van der Waals surface area contributed by atoms with Crippen LogP contribution in [0.3, 0.4) is 0 Å². The van der Waals surface area contributed by atoms with Crippen molar-refractivity contribution in [1.82, 2.24) is 4.98 Å². The Hall–Kier alpha value is -2.92. The number of fused-ring (bicyclic) bond motifs is 1. The van der Waals surface area contributed by atoms with Gasteiger partial charge in [-0.2, -0.15) is 0 Å². The minimum absolute atomic E-state index is 0.0531. The molecule has 1 aromatic carbocycles. The number of carbonyl (C=O) groups excluding carboxylic acids is 1. The minimum Gasteiger partial charge on any atom is -0.490 e. The fourth-order valence-electron chi connectivity index (χ4n) is 3.43. The molecular formula is C22H22N2O3. The van der Waals surface area contributed by atoms with Gasteiger partial charge in [0.2, 0.25) is 5.91 Å². The number of methoxy groups -OCH3 is 1. The summed E-state index contributed by atoms with van der Waals surface area (Å²) in [5, 5.41) is 0. The van der Waals surface area contributed by atoms with Crippen LogP contribution in [0.15, 0.2) is 61.0 Å². The molecule has 1 aromatic heterocycles. The van der Waals surface area contributed by atoms with Crippen LogP contribution in [0, 0.1) is 0 Å². The zero-order valence-electron chi connectivity index (χ0n) is 15.3. The summed E-state index contributed by atoms with van der Waals surface area (Å²) in [5.74, 6) is 0.812. The SMILES string of the molecule is COC1C=CC(c2cncc(CC(=O)N3CCOc4ccccc43)c2)=CC1. The number of benzene rings is 1. The van der Waals surface area contributed by atoms with Crippen molar-refractivity contribution in [3.63, 3.8) is 0 Å². The van der Waals surface area contributed by atoms with E-state index in [9.17, 15) is 4.79 Å². The molecule has 1 aliphatic carbocycles. The van der Waals surface area contributed by atoms with Gasteiger partial charge in [0.1, 0.15) is 12.4 Å². The molecule has 27 heavy (non-hydrogen) atoms. The average molecular weight is 362 g/mol. The highest BCUT2D eigenvalue weighted by molar-refractivity contribution is 5.96. The Bertz CT molecular complexity index is 904. The number of ether oxygens (including phenoxy) is 2. The highest BCUT2D eigenvalue weighted by atomic mass is 16.5. The van der Waals surface area contributed by atoms with E-state index in [1.54, 1.807) is 18.2 Å². The number of hydrogen-bond donors (Lipinski definition) is 0. The van der Waals surface area contributed by atoms with Crippen molar-refractivity contribution >= 4 is 17.2 Å². The predicted molar refractivity (Wildman–Crippen MR) is 105 cm³/mol. The first-order valence-electron chi connectivity index (χ1n) is 9.12. The van der Waals surface area contributed by atoms with Crippen LogP contribution < -0.4 is 9.64 Å². The Morgan fingerprint density at radius 3 is 3.04 bits per heavy atom. The van der Waals surface area contributed by atoms with Crippen LogP contribution in [0.2, 0.25) is 0 Å². The summed E-state index contributed by atoms with van der Waals surface area (Å²) in [6.07, 6.45) is 11.1. The molecule has 0 N–H and O–H groups in total. The van der Waals surface area contributed by atoms with Crippen molar-refractivity contribution in [2.75, 3.05) is 25.2 Å². The van der Waals surface area contributed by atoms with Gasteiger partial charge in [-0.25, -0.2) is 0 Å². The lowest BCUT2D eigenvalue weighted by molar-refractivity contribution is -0.118. The van der Waals surface area contributed by atoms with Crippen molar-refractivity contribution in [1.29, 1.82) is 0 Å². The Morgan fingerprint density at radius 1 is 1.33 bits per heavy atom. The van der Waals surface area contributed by atoms with Gasteiger partial charge in [0.05, 0.1) is 24.8 Å². The topological polar surface area (TPSA) is 51.7 Å². The molecule has 4 rings (SSSR count). The van der Waals surface area contributed by atoms with Crippen molar-refractivity contribution in [2.24, 2.45) is 0 Å². The number of para-hydroxylation sites is 2. The standard InChI is InChI=1S/C22H22N2O3/c1-26-19-8-6-17(7-9-19)18-12-16(14-23-15-18)13-22(25)24-10-11-27-21-5-3-2-4-20(21)24/h2-8,12,14-15,19H,9-11,13H2,1H3. The number of carbonyl (C=O) groups is 1. The van der Waals surface area contributed by atoms with Crippen LogP contribution in [-0.2, 0) is 16.0 Å². The third-order valence-electron chi connectivity index (χ3n) is 4.88. The maximum atomic E-state index is 12.9. The molecule has 5 heteroatoms. The van der Waals surface area contributed by atoms with Crippen LogP contribution in [-0.4, -0.2) is 37.3 Å². The summed E-state index contributed by atoms with van der Waals surface area (Å²) in [6.45, 7) is 1.08. The summed E-state index contributed by atoms with van der Waals surface area (Å²) >= 11 is 0. The molecule has 138 valence electrons. The van der Waals surface area contributed by atoms with E-state index in [0.717, 1.165) is 34.6 Å². The number of anilines is 1. The zero-order chi connectivity index (χ0) is 18.6. The van der Waals surface area contributed by atoms with Gasteiger partial charge in [-0.05, 0) is 41.3 Å². The van der Waals surface area contributed by atoms with E-state index in [-0.39, 0.29) is 12.0 Å². The summed E-state index contributed by atoms with van der Waals surface area (Å²) < 4.78 is 11.0. The maximum absolute atomic E-state index is 12.9. The van der Waals surface area contributed by atoms with E-state index in [1.165, 1.54) is 0 Å². The molecule has 1 amide bonds. The Morgan fingerprint density at radius 2 is 2.22 bits per heavy atom. The normalized spacial score (nSPS) is 18.5. The van der Waals surface area contributed by atoms with E-state index in [0.29, 0.717) is 19.6 Å². The highest BCUT2D eigenvalue weighted by Crippen LogP contribution is 2.31. The Balaban J connectivity index is 1.50. The second-order valence-electron chi connectivity index (χ2n) is 6.65. The lowest BCUT2D eigenvalue weighted by Gasteiger charge is -2.29. The summed E-state index contributed by atoms with van der Waals surface area (Å²) in [5.41, 5.74) is 3.88. The molecule has 0 fully saturated rings. The van der Waals surface area contributed by atoms with E-state index < -0.39 is 0 Å². The van der Waals surface area contributed by atoms with Crippen LogP contribution in [0.4, 0.5) is 5.69 Å². The van der Waals surface area contributed by atoms with Gasteiger partial charge in [-0.1, -0.05) is 30.4 Å². The van der Waals surface area contributed by atoms with Crippen molar-refractivity contribution in [2.45, 2.75) is 18.9 Å². The molecule has 2 aliphatic rings. The highest BCUT2D eigenvalue weighted by Gasteiger charge is 2.23. The smallest absolute Gasteiger partial charge is 0.231 e. The zero-order valence-corrected chi connectivity index (χ0v) is 15.3. The number of allylic oxidation sites excluding steroid dienone is 2. The fourth-order valence-corrected chi connectivity index (χ4v) is 3.43. The number of pyridine rings is 1. The van der Waals surface area contributed by atoms with Gasteiger partial charge >= 0.3 is 0 Å². The second kappa shape index (κ2) is 7.76. The predicted octanol–water partition coefficient (Wildman–Crippen LogP) is 3.41. The van der Waals surface area contributed by atoms with E-state index in [1.807, 2.05) is 36.5 Å². The molecule has 1 aliphatic heterocycles. The molecule has 0 radical (unpaired) electrons. The third-order valence-corrected chi connectivity index (χ3v) is 4.88. The van der Waals surface area contributed by atoms with Gasteiger partial charge in [0.25, 0.3) is 0 Å². The van der Waals surface area contributed by atoms with Crippen LogP contribution in [0.5, 0.6) is 5.75 Å². The molecule has 5 nitrogen and oxygen atoms in total. The lowest BCUT2D eigenvalue weighted by Crippen LogP contribution is -2.38. The van der Waals surface area contributed by atoms with Crippen molar-refractivity contribution in [3.8, 4) is 5.75 Å². The largest absolute Gasteiger partial charge is 0.490 e. The van der Waals surface area contributed by atoms with Crippen LogP contribution in [0.1, 0.15) is 17.5 Å². The van der Waals surface area contributed by atoms with Gasteiger partial charge in [0, 0.05) is 19.5 Å². The van der Waals surface area contributed by atoms with Crippen LogP contribution >= 0.6 is 0 Å². The molecule has 0 saturated heterocycles. The number of hydrogen-bond acceptors (Lipinski definition) is 4. The Kier molecular flexibility index (Phi) is 5.03. The molecule has 2 heterocycles. The molecule has 1 atom stereocenters. The van der Waals surface area contributed by atoms with E-state index in [4.69, 9.17) is 9.47 Å². The minimum atomic E-state index is 0.0531. The fraction of sp³-hybridized carbons (Fsp3) is 0.273. The number of nitrogens with zero attached hydrogens (tertiary/aromatic N) is 2. The van der Waals surface area contributed by atoms with E-state index in [2.05, 4.69) is 23.2 Å². The van der Waals surface area contributed by atoms with Gasteiger partial charge in [-0.15, -0.1) is 0 Å². The maximum Gasteiger partial charge on any atom is 0.231 e. The molecule has 0 spiro atoms. The summed E-state index contributed by atoms with van der Waals surface area (Å²) in [4.78, 5) is 19.0. The third kappa shape index (κ3) is 3.78. The molecule has 2 aromatic rings. The monoisotopic (exact) mass is 362 g/mol. The first-order chi connectivity index (χ1) is 13.2. The average Bonchev–Trinajstić information content (AvgIpc) is 2.73. The van der Waals surface area contributed by atoms with Gasteiger partial charge in [0.15, 0.2) is 0 Å². The first-order valence-corrected chi connectivity index (χ1v) is 9.12. The van der Waals surface area contributed by atoms with E-state index >= 15 is 0 Å². The molecule has 0 bridgehead atoms. The summed E-state index contributed by atoms with van der Waals surface area (Å²) in [6, 6.07) is 9.70. The van der Waals surface area contributed by atoms with Crippen molar-refractivity contribution < 1.29 is 14.3 Å².